The van der Waals surface area contributed by atoms with E-state index in [4.69, 9.17) is 10.5 Å². The zero-order valence-electron chi connectivity index (χ0n) is 10.6. The number of rotatable bonds is 2. The molecule has 21 heavy (non-hydrogen) atoms. The topological polar surface area (TPSA) is 96.9 Å². The number of carbonyl (C=O) groups excluding carboxylic acids is 1. The van der Waals surface area contributed by atoms with Crippen molar-refractivity contribution >= 4 is 11.6 Å². The minimum Gasteiger partial charge on any atom is -0.507 e. The molecular weight excluding hydrogens is 273 g/mol. The lowest BCUT2D eigenvalue weighted by Gasteiger charge is -2.07. The van der Waals surface area contributed by atoms with Crippen LogP contribution in [0.15, 0.2) is 36.4 Å². The number of nitrogens with zero attached hydrogens (tertiary/aromatic N) is 2. The molecule has 1 amide bonds. The quantitative estimate of drug-likeness (QED) is 0.883. The van der Waals surface area contributed by atoms with E-state index in [1.165, 1.54) is 18.2 Å². The van der Waals surface area contributed by atoms with Crippen LogP contribution in [-0.2, 0) is 0 Å². The molecule has 0 bridgehead atoms. The van der Waals surface area contributed by atoms with Gasteiger partial charge in [0.05, 0.1) is 16.7 Å². The minimum absolute atomic E-state index is 0.110. The fourth-order valence-electron chi connectivity index (χ4n) is 1.70. The lowest BCUT2D eigenvalue weighted by atomic mass is 10.1. The number of halogens is 1. The number of phenols is 1. The normalized spacial score (nSPS) is 9.48. The van der Waals surface area contributed by atoms with Gasteiger partial charge in [-0.1, -0.05) is 0 Å². The average molecular weight is 281 g/mol. The van der Waals surface area contributed by atoms with E-state index in [-0.39, 0.29) is 28.1 Å². The highest BCUT2D eigenvalue weighted by Gasteiger charge is 2.13. The van der Waals surface area contributed by atoms with Gasteiger partial charge in [-0.2, -0.15) is 10.5 Å². The average Bonchev–Trinajstić information content (AvgIpc) is 2.49. The standard InChI is InChI=1S/C15H8FN3O2/c16-11-2-4-14(20)13(6-11)15(21)19-12-3-1-9(7-17)10(5-12)8-18/h1-6,20H,(H,19,21). The van der Waals surface area contributed by atoms with Gasteiger partial charge in [0.15, 0.2) is 0 Å². The summed E-state index contributed by atoms with van der Waals surface area (Å²) in [6, 6.07) is 10.8. The fourth-order valence-corrected chi connectivity index (χ4v) is 1.70. The molecule has 0 saturated heterocycles. The van der Waals surface area contributed by atoms with Crippen molar-refractivity contribution in [2.75, 3.05) is 5.32 Å². The number of hydrogen-bond acceptors (Lipinski definition) is 4. The Morgan fingerprint density at radius 1 is 1.10 bits per heavy atom. The Bertz CT molecular complexity index is 804. The van der Waals surface area contributed by atoms with Crippen molar-refractivity contribution in [3.63, 3.8) is 0 Å². The number of aromatic hydroxyl groups is 1. The van der Waals surface area contributed by atoms with E-state index in [0.29, 0.717) is 0 Å². The Morgan fingerprint density at radius 3 is 2.48 bits per heavy atom. The van der Waals surface area contributed by atoms with Crippen molar-refractivity contribution in [2.45, 2.75) is 0 Å². The molecule has 0 heterocycles. The van der Waals surface area contributed by atoms with E-state index in [9.17, 15) is 14.3 Å². The van der Waals surface area contributed by atoms with Gasteiger partial charge in [-0.3, -0.25) is 4.79 Å². The third-order valence-corrected chi connectivity index (χ3v) is 2.72. The summed E-state index contributed by atoms with van der Waals surface area (Å²) in [6.07, 6.45) is 0. The molecule has 0 aromatic heterocycles. The van der Waals surface area contributed by atoms with Crippen molar-refractivity contribution in [3.8, 4) is 17.9 Å². The Balaban J connectivity index is 2.30. The Morgan fingerprint density at radius 2 is 1.81 bits per heavy atom. The van der Waals surface area contributed by atoms with E-state index in [2.05, 4.69) is 5.32 Å². The highest BCUT2D eigenvalue weighted by Crippen LogP contribution is 2.20. The minimum atomic E-state index is -0.722. The van der Waals surface area contributed by atoms with Crippen molar-refractivity contribution in [3.05, 3.63) is 58.9 Å². The van der Waals surface area contributed by atoms with Crippen molar-refractivity contribution in [1.82, 2.24) is 0 Å². The van der Waals surface area contributed by atoms with Crippen LogP contribution < -0.4 is 5.32 Å². The van der Waals surface area contributed by atoms with Gasteiger partial charge >= 0.3 is 0 Å². The zero-order valence-corrected chi connectivity index (χ0v) is 10.6. The lowest BCUT2D eigenvalue weighted by Crippen LogP contribution is -2.12. The van der Waals surface area contributed by atoms with Crippen LogP contribution in [0.1, 0.15) is 21.5 Å². The summed E-state index contributed by atoms with van der Waals surface area (Å²) < 4.78 is 13.1. The van der Waals surface area contributed by atoms with E-state index in [1.807, 2.05) is 12.1 Å². The third kappa shape index (κ3) is 2.96. The van der Waals surface area contributed by atoms with Crippen molar-refractivity contribution < 1.29 is 14.3 Å². The molecule has 2 N–H and O–H groups in total. The molecule has 2 aromatic rings. The second-order valence-corrected chi connectivity index (χ2v) is 4.10. The molecule has 0 aliphatic carbocycles. The van der Waals surface area contributed by atoms with E-state index in [1.54, 1.807) is 0 Å². The van der Waals surface area contributed by atoms with Crippen LogP contribution >= 0.6 is 0 Å². The smallest absolute Gasteiger partial charge is 0.259 e. The fraction of sp³-hybridized carbons (Fsp3) is 0. The van der Waals surface area contributed by atoms with Gasteiger partial charge in [-0.05, 0) is 36.4 Å². The Hall–Kier alpha value is -3.38. The molecule has 0 unspecified atom stereocenters. The predicted molar refractivity (Wildman–Crippen MR) is 71.9 cm³/mol. The second kappa shape index (κ2) is 5.72. The maximum Gasteiger partial charge on any atom is 0.259 e. The van der Waals surface area contributed by atoms with Crippen molar-refractivity contribution in [2.24, 2.45) is 0 Å². The van der Waals surface area contributed by atoms with E-state index < -0.39 is 11.7 Å². The van der Waals surface area contributed by atoms with Crippen LogP contribution in [0.5, 0.6) is 5.75 Å². The first-order chi connectivity index (χ1) is 10.0. The van der Waals surface area contributed by atoms with Crippen LogP contribution in [0.3, 0.4) is 0 Å². The third-order valence-electron chi connectivity index (χ3n) is 2.72. The summed E-state index contributed by atoms with van der Waals surface area (Å²) in [5.74, 6) is -1.74. The zero-order chi connectivity index (χ0) is 15.4. The van der Waals surface area contributed by atoms with Crippen LogP contribution in [0.25, 0.3) is 0 Å². The Kier molecular flexibility index (Phi) is 3.83. The second-order valence-electron chi connectivity index (χ2n) is 4.10. The SMILES string of the molecule is N#Cc1ccc(NC(=O)c2cc(F)ccc2O)cc1C#N. The summed E-state index contributed by atoms with van der Waals surface area (Å²) in [7, 11) is 0. The first kappa shape index (κ1) is 14.0. The maximum atomic E-state index is 13.1. The molecule has 0 fully saturated rings. The Labute approximate surface area is 119 Å². The summed E-state index contributed by atoms with van der Waals surface area (Å²) >= 11 is 0. The number of amides is 1. The van der Waals surface area contributed by atoms with Crippen LogP contribution in [0, 0.1) is 28.5 Å². The molecule has 0 aliphatic rings. The molecule has 102 valence electrons. The monoisotopic (exact) mass is 281 g/mol. The van der Waals surface area contributed by atoms with Crippen LogP contribution in [0.2, 0.25) is 0 Å². The molecule has 0 radical (unpaired) electrons. The van der Waals surface area contributed by atoms with Crippen LogP contribution in [0.4, 0.5) is 10.1 Å². The number of nitrogens with one attached hydrogen (secondary N) is 1. The highest BCUT2D eigenvalue weighted by atomic mass is 19.1. The van der Waals surface area contributed by atoms with Gasteiger partial charge in [-0.25, -0.2) is 4.39 Å². The number of nitriles is 2. The van der Waals surface area contributed by atoms with Gasteiger partial charge in [0, 0.05) is 5.69 Å². The number of phenolic OH excluding ortho intramolecular Hbond substituents is 1. The molecule has 2 aromatic carbocycles. The van der Waals surface area contributed by atoms with Gasteiger partial charge in [0.25, 0.3) is 5.91 Å². The molecule has 5 nitrogen and oxygen atoms in total. The predicted octanol–water partition coefficient (Wildman–Crippen LogP) is 2.53. The first-order valence-electron chi connectivity index (χ1n) is 5.79. The van der Waals surface area contributed by atoms with Gasteiger partial charge < -0.3 is 10.4 Å². The van der Waals surface area contributed by atoms with E-state index >= 15 is 0 Å². The number of benzene rings is 2. The number of hydrogen-bond donors (Lipinski definition) is 2. The molecular formula is C15H8FN3O2. The van der Waals surface area contributed by atoms with Gasteiger partial charge in [0.1, 0.15) is 23.7 Å². The van der Waals surface area contributed by atoms with Crippen LogP contribution in [-0.4, -0.2) is 11.0 Å². The number of carbonyl (C=O) groups is 1. The molecule has 0 aliphatic heterocycles. The number of anilines is 1. The first-order valence-corrected chi connectivity index (χ1v) is 5.79. The molecule has 0 atom stereocenters. The van der Waals surface area contributed by atoms with Gasteiger partial charge in [-0.15, -0.1) is 0 Å². The van der Waals surface area contributed by atoms with Gasteiger partial charge in [0.2, 0.25) is 0 Å². The summed E-state index contributed by atoms with van der Waals surface area (Å²) in [5.41, 5.74) is 0.333. The maximum absolute atomic E-state index is 13.1. The highest BCUT2D eigenvalue weighted by molar-refractivity contribution is 6.06. The lowest BCUT2D eigenvalue weighted by molar-refractivity contribution is 0.102. The summed E-state index contributed by atoms with van der Waals surface area (Å²) in [6.45, 7) is 0. The molecule has 6 heteroatoms. The largest absolute Gasteiger partial charge is 0.507 e. The summed E-state index contributed by atoms with van der Waals surface area (Å²) in [5, 5.41) is 29.7. The molecule has 2 rings (SSSR count). The van der Waals surface area contributed by atoms with Crippen molar-refractivity contribution in [1.29, 1.82) is 10.5 Å². The molecule has 0 saturated carbocycles. The summed E-state index contributed by atoms with van der Waals surface area (Å²) in [4.78, 5) is 12.0. The van der Waals surface area contributed by atoms with E-state index in [0.717, 1.165) is 18.2 Å². The molecule has 0 spiro atoms.